The van der Waals surface area contributed by atoms with Gasteiger partial charge in [-0.2, -0.15) is 10.1 Å². The smallest absolute Gasteiger partial charge is 0.237 e. The monoisotopic (exact) mass is 396 g/mol. The first-order chi connectivity index (χ1) is 13.6. The van der Waals surface area contributed by atoms with Crippen molar-refractivity contribution < 1.29 is 4.74 Å². The van der Waals surface area contributed by atoms with Crippen LogP contribution in [0.5, 0.6) is 5.88 Å². The summed E-state index contributed by atoms with van der Waals surface area (Å²) in [5.74, 6) is 1.12. The summed E-state index contributed by atoms with van der Waals surface area (Å²) in [6.07, 6.45) is 4.86. The van der Waals surface area contributed by atoms with E-state index in [1.165, 1.54) is 23.1 Å². The number of benzene rings is 1. The van der Waals surface area contributed by atoms with Crippen LogP contribution in [0.1, 0.15) is 17.5 Å². The van der Waals surface area contributed by atoms with E-state index in [9.17, 15) is 0 Å². The molecule has 7 nitrogen and oxygen atoms in total. The summed E-state index contributed by atoms with van der Waals surface area (Å²) in [4.78, 5) is 10.3. The lowest BCUT2D eigenvalue weighted by Gasteiger charge is -2.15. The maximum absolute atomic E-state index is 6.13. The van der Waals surface area contributed by atoms with Crippen molar-refractivity contribution in [3.05, 3.63) is 47.8 Å². The number of ether oxygens (including phenoxy) is 1. The van der Waals surface area contributed by atoms with E-state index in [4.69, 9.17) is 9.72 Å². The zero-order valence-corrected chi connectivity index (χ0v) is 17.1. The molecule has 1 aromatic carbocycles. The highest BCUT2D eigenvalue weighted by Crippen LogP contribution is 2.30. The van der Waals surface area contributed by atoms with Crippen LogP contribution in [0.2, 0.25) is 0 Å². The number of rotatable bonds is 6. The van der Waals surface area contributed by atoms with Crippen LogP contribution in [0.4, 0.5) is 5.95 Å². The quantitative estimate of drug-likeness (QED) is 0.619. The standard InChI is InChI=1S/C20H24N6OS/c1-13-5-4-6-14(2)19(13)17-9-18(27-15-7-8-21-10-15)24-20(23-17)25-28-16-11-22-26(3)12-16/h4-6,9,11-12,15,21H,7-8,10H2,1-3H3,(H,23,24,25). The van der Waals surface area contributed by atoms with Crippen LogP contribution >= 0.6 is 11.9 Å². The van der Waals surface area contributed by atoms with Gasteiger partial charge < -0.3 is 10.1 Å². The summed E-state index contributed by atoms with van der Waals surface area (Å²) < 4.78 is 11.1. The maximum atomic E-state index is 6.13. The molecule has 0 bridgehead atoms. The van der Waals surface area contributed by atoms with Crippen LogP contribution in [0.25, 0.3) is 11.3 Å². The second-order valence-corrected chi connectivity index (χ2v) is 7.85. The lowest BCUT2D eigenvalue weighted by Crippen LogP contribution is -2.20. The van der Waals surface area contributed by atoms with E-state index in [1.807, 2.05) is 19.3 Å². The van der Waals surface area contributed by atoms with Crippen LogP contribution in [0.15, 0.2) is 41.6 Å². The number of nitrogens with one attached hydrogen (secondary N) is 2. The molecule has 1 unspecified atom stereocenters. The number of aryl methyl sites for hydroxylation is 3. The van der Waals surface area contributed by atoms with Crippen molar-refractivity contribution in [1.82, 2.24) is 25.1 Å². The van der Waals surface area contributed by atoms with Gasteiger partial charge in [-0.3, -0.25) is 9.40 Å². The van der Waals surface area contributed by atoms with E-state index < -0.39 is 0 Å². The highest BCUT2D eigenvalue weighted by molar-refractivity contribution is 8.00. The summed E-state index contributed by atoms with van der Waals surface area (Å²) in [7, 11) is 1.89. The Morgan fingerprint density at radius 3 is 2.75 bits per heavy atom. The average Bonchev–Trinajstić information content (AvgIpc) is 3.31. The molecule has 28 heavy (non-hydrogen) atoms. The predicted molar refractivity (Wildman–Crippen MR) is 112 cm³/mol. The van der Waals surface area contributed by atoms with Gasteiger partial charge in [0.15, 0.2) is 0 Å². The summed E-state index contributed by atoms with van der Waals surface area (Å²) in [5.41, 5.74) is 4.34. The number of hydrogen-bond donors (Lipinski definition) is 2. The highest BCUT2D eigenvalue weighted by Gasteiger charge is 2.19. The van der Waals surface area contributed by atoms with E-state index in [2.05, 4.69) is 52.2 Å². The van der Waals surface area contributed by atoms with Crippen LogP contribution in [-0.4, -0.2) is 38.9 Å². The first kappa shape index (κ1) is 18.8. The van der Waals surface area contributed by atoms with Gasteiger partial charge in [-0.15, -0.1) is 0 Å². The minimum absolute atomic E-state index is 0.138. The van der Waals surface area contributed by atoms with Crippen molar-refractivity contribution >= 4 is 17.9 Å². The van der Waals surface area contributed by atoms with Crippen molar-refractivity contribution in [2.45, 2.75) is 31.3 Å². The molecule has 1 fully saturated rings. The fraction of sp³-hybridized carbons (Fsp3) is 0.350. The highest BCUT2D eigenvalue weighted by atomic mass is 32.2. The van der Waals surface area contributed by atoms with Crippen molar-refractivity contribution in [3.8, 4) is 17.1 Å². The Morgan fingerprint density at radius 2 is 2.07 bits per heavy atom. The molecule has 1 aliphatic heterocycles. The average molecular weight is 397 g/mol. The molecule has 0 aliphatic carbocycles. The number of hydrogen-bond acceptors (Lipinski definition) is 7. The lowest BCUT2D eigenvalue weighted by atomic mass is 10.00. The Balaban J connectivity index is 1.65. The van der Waals surface area contributed by atoms with Crippen molar-refractivity contribution in [2.24, 2.45) is 7.05 Å². The Morgan fingerprint density at radius 1 is 1.25 bits per heavy atom. The molecular formula is C20H24N6OS. The van der Waals surface area contributed by atoms with Gasteiger partial charge in [0, 0.05) is 31.4 Å². The molecular weight excluding hydrogens is 372 g/mol. The van der Waals surface area contributed by atoms with Gasteiger partial charge in [0.25, 0.3) is 0 Å². The topological polar surface area (TPSA) is 76.9 Å². The third-order valence-corrected chi connectivity index (χ3v) is 5.41. The molecule has 0 saturated carbocycles. The van der Waals surface area contributed by atoms with E-state index in [0.29, 0.717) is 11.8 Å². The van der Waals surface area contributed by atoms with Crippen molar-refractivity contribution in [2.75, 3.05) is 17.8 Å². The zero-order chi connectivity index (χ0) is 19.5. The van der Waals surface area contributed by atoms with Crippen molar-refractivity contribution in [1.29, 1.82) is 0 Å². The molecule has 0 spiro atoms. The third-order valence-electron chi connectivity index (χ3n) is 4.68. The molecule has 0 radical (unpaired) electrons. The number of nitrogens with zero attached hydrogens (tertiary/aromatic N) is 4. The van der Waals surface area contributed by atoms with Gasteiger partial charge in [0.05, 0.1) is 16.8 Å². The number of aromatic nitrogens is 4. The molecule has 4 rings (SSSR count). The Kier molecular flexibility index (Phi) is 5.50. The van der Waals surface area contributed by atoms with Gasteiger partial charge in [0.2, 0.25) is 11.8 Å². The van der Waals surface area contributed by atoms with Crippen LogP contribution < -0.4 is 14.8 Å². The molecule has 1 atom stereocenters. The second kappa shape index (κ2) is 8.20. The van der Waals surface area contributed by atoms with Crippen LogP contribution in [0.3, 0.4) is 0 Å². The summed E-state index contributed by atoms with van der Waals surface area (Å²) >= 11 is 1.43. The van der Waals surface area contributed by atoms with Crippen molar-refractivity contribution in [3.63, 3.8) is 0 Å². The fourth-order valence-electron chi connectivity index (χ4n) is 3.33. The molecule has 2 N–H and O–H groups in total. The van der Waals surface area contributed by atoms with Gasteiger partial charge >= 0.3 is 0 Å². The molecule has 1 saturated heterocycles. The molecule has 1 aliphatic rings. The van der Waals surface area contributed by atoms with E-state index >= 15 is 0 Å². The Labute approximate surface area is 169 Å². The Bertz CT molecular complexity index is 947. The predicted octanol–water partition coefficient (Wildman–Crippen LogP) is 3.35. The summed E-state index contributed by atoms with van der Waals surface area (Å²) in [6, 6.07) is 8.20. The number of anilines is 1. The minimum Gasteiger partial charge on any atom is -0.473 e. The first-order valence-electron chi connectivity index (χ1n) is 9.33. The molecule has 3 heterocycles. The minimum atomic E-state index is 0.138. The molecule has 2 aromatic heterocycles. The molecule has 146 valence electrons. The maximum Gasteiger partial charge on any atom is 0.237 e. The van der Waals surface area contributed by atoms with Crippen LogP contribution in [0, 0.1) is 13.8 Å². The lowest BCUT2D eigenvalue weighted by molar-refractivity contribution is 0.214. The summed E-state index contributed by atoms with van der Waals surface area (Å²) in [6.45, 7) is 6.02. The van der Waals surface area contributed by atoms with Gasteiger partial charge in [-0.1, -0.05) is 18.2 Å². The van der Waals surface area contributed by atoms with E-state index in [-0.39, 0.29) is 6.10 Å². The van der Waals surface area contributed by atoms with Gasteiger partial charge in [0.1, 0.15) is 6.10 Å². The first-order valence-corrected chi connectivity index (χ1v) is 10.1. The normalized spacial score (nSPS) is 16.3. The fourth-order valence-corrected chi connectivity index (χ4v) is 3.94. The molecule has 8 heteroatoms. The summed E-state index contributed by atoms with van der Waals surface area (Å²) in [5, 5.41) is 7.51. The molecule has 3 aromatic rings. The van der Waals surface area contributed by atoms with Crippen LogP contribution in [-0.2, 0) is 7.05 Å². The third kappa shape index (κ3) is 4.28. The van der Waals surface area contributed by atoms with E-state index in [0.717, 1.165) is 35.7 Å². The Hall–Kier alpha value is -2.58. The molecule has 0 amide bonds. The zero-order valence-electron chi connectivity index (χ0n) is 16.3. The van der Waals surface area contributed by atoms with Gasteiger partial charge in [-0.25, -0.2) is 4.98 Å². The van der Waals surface area contributed by atoms with Gasteiger partial charge in [-0.05, 0) is 49.9 Å². The second-order valence-electron chi connectivity index (χ2n) is 6.97. The SMILES string of the molecule is Cc1cccc(C)c1-c1cc(OC2CCNC2)nc(NSc2cnn(C)c2)n1. The van der Waals surface area contributed by atoms with E-state index in [1.54, 1.807) is 10.9 Å². The largest absolute Gasteiger partial charge is 0.473 e.